The number of fused-ring (bicyclic) bond motifs is 1. The summed E-state index contributed by atoms with van der Waals surface area (Å²) in [5, 5.41) is 12.4. The molecule has 1 saturated heterocycles. The van der Waals surface area contributed by atoms with E-state index < -0.39 is 0 Å². The summed E-state index contributed by atoms with van der Waals surface area (Å²) in [4.78, 5) is 11.7. The molecule has 180 valence electrons. The van der Waals surface area contributed by atoms with Gasteiger partial charge in [0.1, 0.15) is 0 Å². The molecule has 4 aromatic rings. The van der Waals surface area contributed by atoms with Crippen molar-refractivity contribution < 1.29 is 4.74 Å². The number of methoxy groups -OCH3 is 1. The number of ether oxygens (including phenoxy) is 1. The van der Waals surface area contributed by atoms with Gasteiger partial charge in [0.25, 0.3) is 5.88 Å². The van der Waals surface area contributed by atoms with Crippen LogP contribution in [0, 0.1) is 18.3 Å². The molecule has 0 amide bonds. The second-order valence-corrected chi connectivity index (χ2v) is 8.99. The highest BCUT2D eigenvalue weighted by molar-refractivity contribution is 5.81. The zero-order chi connectivity index (χ0) is 24.8. The molecule has 5 rings (SSSR count). The van der Waals surface area contributed by atoms with Crippen LogP contribution in [0.3, 0.4) is 0 Å². The van der Waals surface area contributed by atoms with Gasteiger partial charge in [-0.25, -0.2) is 9.97 Å². The number of nitrogens with one attached hydrogen (secondary N) is 1. The molecular formula is C28H32N6O. The summed E-state index contributed by atoms with van der Waals surface area (Å²) >= 11 is 0. The van der Waals surface area contributed by atoms with Crippen molar-refractivity contribution >= 4 is 5.65 Å². The lowest BCUT2D eigenvalue weighted by Crippen LogP contribution is -2.10. The van der Waals surface area contributed by atoms with E-state index in [1.807, 2.05) is 32.4 Å². The third-order valence-electron chi connectivity index (χ3n) is 5.87. The van der Waals surface area contributed by atoms with Crippen molar-refractivity contribution in [3.05, 3.63) is 71.5 Å². The Hall–Kier alpha value is -3.73. The van der Waals surface area contributed by atoms with E-state index in [0.717, 1.165) is 28.2 Å². The van der Waals surface area contributed by atoms with Crippen LogP contribution >= 0.6 is 0 Å². The van der Waals surface area contributed by atoms with Crippen LogP contribution in [0.4, 0.5) is 0 Å². The van der Waals surface area contributed by atoms with E-state index >= 15 is 0 Å². The van der Waals surface area contributed by atoms with E-state index in [2.05, 4.69) is 51.9 Å². The number of nitriles is 1. The maximum Gasteiger partial charge on any atom is 0.258 e. The molecule has 0 unspecified atom stereocenters. The second-order valence-electron chi connectivity index (χ2n) is 8.99. The fraction of sp³-hybridized carbons (Fsp3) is 0.321. The molecule has 2 aromatic heterocycles. The van der Waals surface area contributed by atoms with E-state index in [-0.39, 0.29) is 0 Å². The molecule has 7 nitrogen and oxygen atoms in total. The molecule has 35 heavy (non-hydrogen) atoms. The fourth-order valence-corrected chi connectivity index (χ4v) is 4.12. The quantitative estimate of drug-likeness (QED) is 0.458. The maximum atomic E-state index is 9.15. The number of aromatic nitrogens is 3. The average Bonchev–Trinajstić information content (AvgIpc) is 3.57. The van der Waals surface area contributed by atoms with E-state index in [1.165, 1.54) is 31.5 Å². The van der Waals surface area contributed by atoms with Gasteiger partial charge in [-0.2, -0.15) is 5.26 Å². The molecule has 0 aliphatic carbocycles. The third-order valence-corrected chi connectivity index (χ3v) is 5.87. The van der Waals surface area contributed by atoms with Gasteiger partial charge < -0.3 is 15.0 Å². The van der Waals surface area contributed by atoms with Gasteiger partial charge in [-0.3, -0.25) is 4.40 Å². The number of benzene rings is 2. The molecule has 0 atom stereocenters. The Morgan fingerprint density at radius 1 is 1.00 bits per heavy atom. The Balaban J connectivity index is 0.000000514. The first-order valence-corrected chi connectivity index (χ1v) is 11.9. The first-order valence-electron chi connectivity index (χ1n) is 11.9. The standard InChI is InChI=1S/C24H23N5O.C4H9N/c1-16-5-9-19(10-6-16)22-21(18-11-7-17(13-25)8-12-18)27-24(30-4)23-26-20(14-28(2)3)15-29(22)23;1-2-4-5-3-1/h5-12,15H,14H2,1-4H3;5H,1-4H2. The average molecular weight is 469 g/mol. The van der Waals surface area contributed by atoms with Gasteiger partial charge in [-0.05, 0) is 59.1 Å². The zero-order valence-electron chi connectivity index (χ0n) is 20.9. The number of aryl methyl sites for hydroxylation is 1. The molecule has 1 aliphatic heterocycles. The Kier molecular flexibility index (Phi) is 7.76. The lowest BCUT2D eigenvalue weighted by molar-refractivity contribution is 0.395. The monoisotopic (exact) mass is 468 g/mol. The molecule has 1 fully saturated rings. The van der Waals surface area contributed by atoms with Crippen molar-refractivity contribution in [2.45, 2.75) is 26.3 Å². The molecule has 1 N–H and O–H groups in total. The predicted molar refractivity (Wildman–Crippen MR) is 139 cm³/mol. The van der Waals surface area contributed by atoms with Crippen LogP contribution in [-0.4, -0.2) is 53.6 Å². The van der Waals surface area contributed by atoms with Gasteiger partial charge in [0.05, 0.1) is 35.8 Å². The van der Waals surface area contributed by atoms with Gasteiger partial charge in [0.15, 0.2) is 0 Å². The van der Waals surface area contributed by atoms with E-state index in [9.17, 15) is 0 Å². The third kappa shape index (κ3) is 5.68. The lowest BCUT2D eigenvalue weighted by Gasteiger charge is -2.14. The highest BCUT2D eigenvalue weighted by Crippen LogP contribution is 2.35. The number of hydrogen-bond donors (Lipinski definition) is 1. The minimum absolute atomic E-state index is 0.468. The lowest BCUT2D eigenvalue weighted by atomic mass is 10.0. The maximum absolute atomic E-state index is 9.15. The van der Waals surface area contributed by atoms with Crippen molar-refractivity contribution in [1.29, 1.82) is 5.26 Å². The SMILES string of the molecule is C1CCNC1.COc1nc(-c2ccc(C#N)cc2)c(-c2ccc(C)cc2)n2cc(CN(C)C)nc12. The number of nitrogens with zero attached hydrogens (tertiary/aromatic N) is 5. The Morgan fingerprint density at radius 2 is 1.66 bits per heavy atom. The summed E-state index contributed by atoms with van der Waals surface area (Å²) in [6.45, 7) is 5.28. The smallest absolute Gasteiger partial charge is 0.258 e. The van der Waals surface area contributed by atoms with Crippen LogP contribution in [0.15, 0.2) is 54.7 Å². The summed E-state index contributed by atoms with van der Waals surface area (Å²) in [6.07, 6.45) is 4.82. The summed E-state index contributed by atoms with van der Waals surface area (Å²) < 4.78 is 7.66. The van der Waals surface area contributed by atoms with Crippen molar-refractivity contribution in [3.8, 4) is 34.5 Å². The molecule has 0 saturated carbocycles. The largest absolute Gasteiger partial charge is 0.478 e. The molecule has 0 bridgehead atoms. The molecule has 7 heteroatoms. The Morgan fingerprint density at radius 3 is 2.20 bits per heavy atom. The number of hydrogen-bond acceptors (Lipinski definition) is 6. The molecule has 1 aliphatic rings. The minimum atomic E-state index is 0.468. The van der Waals surface area contributed by atoms with Gasteiger partial charge in [-0.15, -0.1) is 0 Å². The second kappa shape index (κ2) is 11.1. The van der Waals surface area contributed by atoms with Gasteiger partial charge in [0, 0.05) is 23.9 Å². The Bertz CT molecular complexity index is 1310. The van der Waals surface area contributed by atoms with E-state index in [4.69, 9.17) is 20.0 Å². The number of rotatable bonds is 5. The topological polar surface area (TPSA) is 78.5 Å². The van der Waals surface area contributed by atoms with Crippen LogP contribution in [0.5, 0.6) is 5.88 Å². The van der Waals surface area contributed by atoms with Crippen LogP contribution in [-0.2, 0) is 6.54 Å². The van der Waals surface area contributed by atoms with Crippen molar-refractivity contribution in [1.82, 2.24) is 24.6 Å². The van der Waals surface area contributed by atoms with Gasteiger partial charge in [0.2, 0.25) is 5.65 Å². The van der Waals surface area contributed by atoms with Crippen LogP contribution in [0.2, 0.25) is 0 Å². The fourth-order valence-electron chi connectivity index (χ4n) is 4.12. The highest BCUT2D eigenvalue weighted by Gasteiger charge is 2.20. The molecule has 3 heterocycles. The van der Waals surface area contributed by atoms with Crippen LogP contribution in [0.1, 0.15) is 29.7 Å². The number of imidazole rings is 1. The van der Waals surface area contributed by atoms with Crippen LogP contribution < -0.4 is 10.1 Å². The predicted octanol–water partition coefficient (Wildman–Crippen LogP) is 4.68. The molecular weight excluding hydrogens is 436 g/mol. The van der Waals surface area contributed by atoms with Crippen molar-refractivity contribution in [3.63, 3.8) is 0 Å². The minimum Gasteiger partial charge on any atom is -0.478 e. The zero-order valence-corrected chi connectivity index (χ0v) is 20.9. The summed E-state index contributed by atoms with van der Waals surface area (Å²) in [5.41, 5.74) is 7.08. The van der Waals surface area contributed by atoms with Gasteiger partial charge >= 0.3 is 0 Å². The first-order chi connectivity index (χ1) is 17.0. The van der Waals surface area contributed by atoms with Crippen molar-refractivity contribution in [2.75, 3.05) is 34.3 Å². The van der Waals surface area contributed by atoms with E-state index in [0.29, 0.717) is 23.6 Å². The van der Waals surface area contributed by atoms with E-state index in [1.54, 1.807) is 19.2 Å². The first kappa shape index (κ1) is 24.4. The molecule has 0 radical (unpaired) electrons. The van der Waals surface area contributed by atoms with Crippen molar-refractivity contribution in [2.24, 2.45) is 0 Å². The highest BCUT2D eigenvalue weighted by atomic mass is 16.5. The molecule has 0 spiro atoms. The summed E-state index contributed by atoms with van der Waals surface area (Å²) in [5.74, 6) is 0.468. The van der Waals surface area contributed by atoms with Crippen LogP contribution in [0.25, 0.3) is 28.2 Å². The molecule has 2 aromatic carbocycles. The normalized spacial score (nSPS) is 12.9. The Labute approximate surface area is 207 Å². The summed E-state index contributed by atoms with van der Waals surface area (Å²) in [6, 6.07) is 18.0. The van der Waals surface area contributed by atoms with Gasteiger partial charge in [-0.1, -0.05) is 42.0 Å². The summed E-state index contributed by atoms with van der Waals surface area (Å²) in [7, 11) is 5.64.